The Hall–Kier alpha value is -4.35. The number of halogens is 1. The van der Waals surface area contributed by atoms with Gasteiger partial charge in [0.1, 0.15) is 23.4 Å². The first kappa shape index (κ1) is 21.9. The second kappa shape index (κ2) is 8.65. The first-order chi connectivity index (χ1) is 15.7. The van der Waals surface area contributed by atoms with Gasteiger partial charge in [-0.05, 0) is 23.8 Å². The fraction of sp³-hybridized carbons (Fsp3) is 0.238. The molecule has 1 saturated heterocycles. The van der Waals surface area contributed by atoms with Crippen molar-refractivity contribution in [3.63, 3.8) is 0 Å². The minimum absolute atomic E-state index is 0.0237. The lowest BCUT2D eigenvalue weighted by Crippen LogP contribution is -2.35. The number of carbonyl (C=O) groups is 3. The molecule has 0 bridgehead atoms. The van der Waals surface area contributed by atoms with Crippen molar-refractivity contribution in [2.75, 3.05) is 25.0 Å². The number of carbonyl (C=O) groups excluding carboxylic acids is 2. The molecule has 3 amide bonds. The number of carboxylic acids is 1. The van der Waals surface area contributed by atoms with Crippen LogP contribution in [0.25, 0.3) is 11.2 Å². The van der Waals surface area contributed by atoms with E-state index in [4.69, 9.17) is 0 Å². The van der Waals surface area contributed by atoms with E-state index in [0.717, 1.165) is 4.57 Å². The Morgan fingerprint density at radius 2 is 1.91 bits per heavy atom. The third kappa shape index (κ3) is 4.35. The molecule has 0 saturated carbocycles. The molecule has 3 aromatic rings. The minimum atomic E-state index is -1.30. The molecule has 170 valence electrons. The maximum atomic E-state index is 13.1. The van der Waals surface area contributed by atoms with Crippen LogP contribution in [0.5, 0.6) is 0 Å². The molecule has 0 unspecified atom stereocenters. The van der Waals surface area contributed by atoms with Crippen LogP contribution < -0.4 is 15.8 Å². The molecule has 33 heavy (non-hydrogen) atoms. The van der Waals surface area contributed by atoms with Gasteiger partial charge < -0.3 is 15.3 Å². The van der Waals surface area contributed by atoms with Crippen LogP contribution in [-0.2, 0) is 17.9 Å². The molecule has 0 atom stereocenters. The molecule has 11 nitrogen and oxygen atoms in total. The zero-order valence-corrected chi connectivity index (χ0v) is 17.5. The predicted octanol–water partition coefficient (Wildman–Crippen LogP) is 0.817. The summed E-state index contributed by atoms with van der Waals surface area (Å²) in [5.74, 6) is -2.26. The van der Waals surface area contributed by atoms with Gasteiger partial charge >= 0.3 is 12.0 Å². The number of fused-ring (bicyclic) bond motifs is 1. The van der Waals surface area contributed by atoms with Crippen LogP contribution in [0, 0.1) is 5.82 Å². The molecule has 12 heteroatoms. The summed E-state index contributed by atoms with van der Waals surface area (Å²) in [6.45, 7) is 0.174. The van der Waals surface area contributed by atoms with Crippen molar-refractivity contribution in [2.24, 2.45) is 0 Å². The number of aliphatic carboxylic acids is 1. The van der Waals surface area contributed by atoms with E-state index >= 15 is 0 Å². The van der Waals surface area contributed by atoms with E-state index in [1.54, 1.807) is 7.05 Å². The number of benzene rings is 1. The number of nitrogens with one attached hydrogen (secondary N) is 1. The summed E-state index contributed by atoms with van der Waals surface area (Å²) < 4.78 is 13.9. The number of hydrogen-bond donors (Lipinski definition) is 2. The smallest absolute Gasteiger partial charge is 0.325 e. The van der Waals surface area contributed by atoms with Gasteiger partial charge in [-0.15, -0.1) is 0 Å². The number of pyridine rings is 1. The fourth-order valence-corrected chi connectivity index (χ4v) is 3.45. The standard InChI is InChI=1S/C21H19FN6O5/c1-26-6-7-27(21(26)33)16-10-23-18-15(25-16)8-14(20(32)28(18)11-17(29)30)19(31)24-9-12-2-4-13(22)5-3-12/h2-5,8,10H,6-7,9,11H2,1H3,(H,24,31)(H,29,30). The third-order valence-electron chi connectivity index (χ3n) is 5.18. The summed E-state index contributed by atoms with van der Waals surface area (Å²) in [5, 5.41) is 11.8. The normalized spacial score (nSPS) is 13.6. The number of hydrogen-bond acceptors (Lipinski definition) is 6. The quantitative estimate of drug-likeness (QED) is 0.562. The van der Waals surface area contributed by atoms with Crippen molar-refractivity contribution in [1.29, 1.82) is 0 Å². The summed E-state index contributed by atoms with van der Waals surface area (Å²) in [6.07, 6.45) is 1.28. The molecule has 0 spiro atoms. The van der Waals surface area contributed by atoms with Crippen LogP contribution in [0.15, 0.2) is 41.3 Å². The van der Waals surface area contributed by atoms with Crippen molar-refractivity contribution in [1.82, 2.24) is 24.8 Å². The Kier molecular flexibility index (Phi) is 5.73. The Balaban J connectivity index is 1.72. The van der Waals surface area contributed by atoms with Crippen molar-refractivity contribution in [3.8, 4) is 0 Å². The zero-order valence-electron chi connectivity index (χ0n) is 17.5. The Morgan fingerprint density at radius 3 is 2.55 bits per heavy atom. The summed E-state index contributed by atoms with van der Waals surface area (Å²) in [6, 6.07) is 6.40. The van der Waals surface area contributed by atoms with Crippen molar-refractivity contribution >= 4 is 34.9 Å². The second-order valence-electron chi connectivity index (χ2n) is 7.45. The van der Waals surface area contributed by atoms with Gasteiger partial charge in [-0.1, -0.05) is 12.1 Å². The van der Waals surface area contributed by atoms with E-state index in [1.165, 1.54) is 46.3 Å². The van der Waals surface area contributed by atoms with Crippen LogP contribution in [0.3, 0.4) is 0 Å². The van der Waals surface area contributed by atoms with Gasteiger partial charge in [0.05, 0.1) is 6.20 Å². The first-order valence-corrected chi connectivity index (χ1v) is 9.92. The maximum absolute atomic E-state index is 13.1. The Bertz CT molecular complexity index is 1320. The minimum Gasteiger partial charge on any atom is -0.480 e. The number of likely N-dealkylation sites (N-methyl/N-ethyl adjacent to an activating group) is 1. The molecule has 1 fully saturated rings. The molecule has 2 aromatic heterocycles. The summed E-state index contributed by atoms with van der Waals surface area (Å²) in [4.78, 5) is 60.7. The van der Waals surface area contributed by atoms with Gasteiger partial charge in [0.25, 0.3) is 11.5 Å². The van der Waals surface area contributed by atoms with Gasteiger partial charge in [-0.25, -0.2) is 19.2 Å². The molecule has 2 N–H and O–H groups in total. The van der Waals surface area contributed by atoms with E-state index in [-0.39, 0.29) is 35.1 Å². The highest BCUT2D eigenvalue weighted by Crippen LogP contribution is 2.19. The average molecular weight is 454 g/mol. The van der Waals surface area contributed by atoms with Gasteiger partial charge in [-0.2, -0.15) is 0 Å². The Labute approximate surface area is 186 Å². The van der Waals surface area contributed by atoms with E-state index in [1.807, 2.05) is 0 Å². The van der Waals surface area contributed by atoms with E-state index in [9.17, 15) is 28.7 Å². The highest BCUT2D eigenvalue weighted by Gasteiger charge is 2.28. The molecule has 0 aliphatic carbocycles. The van der Waals surface area contributed by atoms with Gasteiger partial charge in [-0.3, -0.25) is 23.9 Å². The number of amides is 3. The number of rotatable bonds is 6. The average Bonchev–Trinajstić information content (AvgIpc) is 3.12. The van der Waals surface area contributed by atoms with Gasteiger partial charge in [0.15, 0.2) is 11.5 Å². The molecule has 1 aromatic carbocycles. The molecule has 1 aliphatic heterocycles. The van der Waals surface area contributed by atoms with Crippen LogP contribution in [0.1, 0.15) is 15.9 Å². The third-order valence-corrected chi connectivity index (χ3v) is 5.18. The van der Waals surface area contributed by atoms with Gasteiger partial charge in [0.2, 0.25) is 0 Å². The summed E-state index contributed by atoms with van der Waals surface area (Å²) in [5.41, 5.74) is -0.512. The molecule has 4 rings (SSSR count). The largest absolute Gasteiger partial charge is 0.480 e. The summed E-state index contributed by atoms with van der Waals surface area (Å²) in [7, 11) is 1.64. The summed E-state index contributed by atoms with van der Waals surface area (Å²) >= 11 is 0. The van der Waals surface area contributed by atoms with Crippen molar-refractivity contribution in [2.45, 2.75) is 13.1 Å². The SMILES string of the molecule is CN1CCN(c2cnc3c(cc(C(=O)NCc4ccc(F)cc4)c(=O)n3CC(=O)O)n2)C1=O. The molecule has 0 radical (unpaired) electrons. The molecule has 3 heterocycles. The molecule has 1 aliphatic rings. The number of carboxylic acid groups (broad SMARTS) is 1. The lowest BCUT2D eigenvalue weighted by molar-refractivity contribution is -0.137. The highest BCUT2D eigenvalue weighted by atomic mass is 19.1. The molecular weight excluding hydrogens is 435 g/mol. The monoisotopic (exact) mass is 454 g/mol. The lowest BCUT2D eigenvalue weighted by Gasteiger charge is -2.16. The molecular formula is C21H19FN6O5. The topological polar surface area (TPSA) is 138 Å². The first-order valence-electron chi connectivity index (χ1n) is 9.92. The highest BCUT2D eigenvalue weighted by molar-refractivity contribution is 5.97. The van der Waals surface area contributed by atoms with Crippen molar-refractivity contribution < 1.29 is 23.9 Å². The van der Waals surface area contributed by atoms with E-state index in [0.29, 0.717) is 18.7 Å². The van der Waals surface area contributed by atoms with E-state index < -0.39 is 29.8 Å². The number of nitrogens with zero attached hydrogens (tertiary/aromatic N) is 5. The second-order valence-corrected chi connectivity index (χ2v) is 7.45. The Morgan fingerprint density at radius 1 is 1.18 bits per heavy atom. The predicted molar refractivity (Wildman–Crippen MR) is 114 cm³/mol. The van der Waals surface area contributed by atoms with E-state index in [2.05, 4.69) is 15.3 Å². The van der Waals surface area contributed by atoms with Gasteiger partial charge in [0, 0.05) is 26.7 Å². The zero-order chi connectivity index (χ0) is 23.7. The maximum Gasteiger partial charge on any atom is 0.325 e. The van der Waals surface area contributed by atoms with Crippen LogP contribution >= 0.6 is 0 Å². The number of aromatic nitrogens is 3. The van der Waals surface area contributed by atoms with Crippen LogP contribution in [0.4, 0.5) is 15.0 Å². The lowest BCUT2D eigenvalue weighted by atomic mass is 10.2. The number of urea groups is 1. The fourth-order valence-electron chi connectivity index (χ4n) is 3.45. The number of anilines is 1. The van der Waals surface area contributed by atoms with Crippen LogP contribution in [-0.4, -0.2) is 62.6 Å². The van der Waals surface area contributed by atoms with Crippen molar-refractivity contribution in [3.05, 3.63) is 63.8 Å². The van der Waals surface area contributed by atoms with Crippen LogP contribution in [0.2, 0.25) is 0 Å².